The van der Waals surface area contributed by atoms with Gasteiger partial charge < -0.3 is 9.97 Å². The summed E-state index contributed by atoms with van der Waals surface area (Å²) in [4.78, 5) is 14.8. The molecule has 0 atom stereocenters. The van der Waals surface area contributed by atoms with Crippen molar-refractivity contribution in [2.45, 2.75) is 40.0 Å². The molecule has 0 aliphatic carbocycles. The summed E-state index contributed by atoms with van der Waals surface area (Å²) in [6.07, 6.45) is 6.95. The molecule has 0 fully saturated rings. The predicted molar refractivity (Wildman–Crippen MR) is 195 cm³/mol. The van der Waals surface area contributed by atoms with Gasteiger partial charge in [0.05, 0.1) is 33.8 Å². The Morgan fingerprint density at radius 2 is 0.808 bits per heavy atom. The number of hydrogen-bond acceptors (Lipinski definition) is 2. The molecule has 0 saturated heterocycles. The number of alkyl halides is 6. The fraction of sp³-hybridized carbons (Fsp3) is 0.143. The summed E-state index contributed by atoms with van der Waals surface area (Å²) < 4.78 is 90.4. The zero-order valence-electron chi connectivity index (χ0n) is 28.2. The minimum atomic E-state index is -4.85. The quantitative estimate of drug-likeness (QED) is 0.139. The van der Waals surface area contributed by atoms with E-state index in [9.17, 15) is 0 Å². The molecule has 7 rings (SSSR count). The Kier molecular flexibility index (Phi) is 8.03. The minimum Gasteiger partial charge on any atom is -0.354 e. The van der Waals surface area contributed by atoms with Crippen LogP contribution in [0.5, 0.6) is 0 Å². The molecule has 2 aliphatic heterocycles. The molecule has 5 aromatic rings. The van der Waals surface area contributed by atoms with Crippen LogP contribution < -0.4 is 0 Å². The third kappa shape index (κ3) is 5.76. The van der Waals surface area contributed by atoms with E-state index in [1.807, 2.05) is 0 Å². The van der Waals surface area contributed by atoms with E-state index in [2.05, 4.69) is 31.8 Å². The van der Waals surface area contributed by atoms with Crippen molar-refractivity contribution < 1.29 is 26.3 Å². The van der Waals surface area contributed by atoms with E-state index in [1.165, 1.54) is 48.6 Å². The molecule has 52 heavy (non-hydrogen) atoms. The normalized spacial score (nSPS) is 12.6. The highest BCUT2D eigenvalue weighted by molar-refractivity contribution is 5.97. The van der Waals surface area contributed by atoms with E-state index in [0.29, 0.717) is 50.1 Å². The van der Waals surface area contributed by atoms with Gasteiger partial charge >= 0.3 is 12.4 Å². The monoisotopic (exact) mass is 702 g/mol. The van der Waals surface area contributed by atoms with Gasteiger partial charge in [0.1, 0.15) is 11.1 Å². The molecular formula is C42H28F6N4. The van der Waals surface area contributed by atoms with Crippen LogP contribution in [0.25, 0.3) is 68.6 Å². The molecule has 2 N–H and O–H groups in total. The maximum Gasteiger partial charge on any atom is 0.420 e. The van der Waals surface area contributed by atoms with Crippen molar-refractivity contribution >= 4 is 46.4 Å². The molecule has 2 aliphatic rings. The predicted octanol–water partition coefficient (Wildman–Crippen LogP) is 11.2. The van der Waals surface area contributed by atoms with Crippen molar-refractivity contribution in [2.24, 2.45) is 0 Å². The fourth-order valence-corrected chi connectivity index (χ4v) is 7.21. The Bertz CT molecular complexity index is 2510. The number of fused-ring (bicyclic) bond motifs is 8. The van der Waals surface area contributed by atoms with E-state index in [0.717, 1.165) is 0 Å². The van der Waals surface area contributed by atoms with E-state index in [1.54, 1.807) is 52.0 Å². The van der Waals surface area contributed by atoms with Gasteiger partial charge in [-0.15, -0.1) is 12.8 Å². The number of rotatable bonds is 2. The third-order valence-corrected chi connectivity index (χ3v) is 9.22. The number of aromatic nitrogens is 4. The molecule has 4 nitrogen and oxygen atoms in total. The average molecular weight is 703 g/mol. The summed E-state index contributed by atoms with van der Waals surface area (Å²) >= 11 is 0. The highest BCUT2D eigenvalue weighted by Crippen LogP contribution is 2.43. The number of halogens is 6. The van der Waals surface area contributed by atoms with Crippen LogP contribution >= 0.6 is 0 Å². The molecule has 0 unspecified atom stereocenters. The number of aromatic amines is 2. The second-order valence-electron chi connectivity index (χ2n) is 12.8. The zero-order chi connectivity index (χ0) is 37.3. The lowest BCUT2D eigenvalue weighted by Crippen LogP contribution is -2.08. The maximum absolute atomic E-state index is 15.1. The lowest BCUT2D eigenvalue weighted by atomic mass is 9.91. The molecule has 0 spiro atoms. The number of aryl methyl sites for hydroxylation is 4. The molecular weight excluding hydrogens is 674 g/mol. The molecule has 0 amide bonds. The molecule has 5 heterocycles. The standard InChI is InChI=1S/C42H28F6N4/c1-7-25-17-21(3)35(22(4)18-25)37-27-9-13-31(49-27)39(41(43,44)45)33-15-11-29(51-33)38(36-23(5)19-26(8-2)20-24(36)6)30-12-16-34(52-30)40(42(46,47)48)32-14-10-28(37)50-32/h1-2,9-20,49-50H,3-6H3. The van der Waals surface area contributed by atoms with Gasteiger partial charge in [-0.05, 0) is 134 Å². The lowest BCUT2D eigenvalue weighted by Gasteiger charge is -2.13. The van der Waals surface area contributed by atoms with Gasteiger partial charge in [0.2, 0.25) is 0 Å². The van der Waals surface area contributed by atoms with Crippen LogP contribution in [-0.2, 0) is 12.4 Å². The summed E-state index contributed by atoms with van der Waals surface area (Å²) in [7, 11) is 0. The Hall–Kier alpha value is -6.26. The van der Waals surface area contributed by atoms with Crippen LogP contribution in [0, 0.1) is 52.4 Å². The van der Waals surface area contributed by atoms with Crippen LogP contribution in [-0.4, -0.2) is 19.9 Å². The molecule has 8 bridgehead atoms. The van der Waals surface area contributed by atoms with Gasteiger partial charge in [-0.1, -0.05) is 11.8 Å². The Morgan fingerprint density at radius 1 is 0.481 bits per heavy atom. The van der Waals surface area contributed by atoms with Gasteiger partial charge in [-0.2, -0.15) is 26.3 Å². The van der Waals surface area contributed by atoms with Crippen LogP contribution in [0.1, 0.15) is 67.3 Å². The SMILES string of the molecule is C#Cc1cc(C)c(-c2c3nc(c(C(F)(F)F)c4ccc([nH]4)c(-c4c(C)cc(C#C)cc4C)c4ccc([nH]4)c(C(F)(F)F)c4nc2C=C4)C=C3)c(C)c1. The van der Waals surface area contributed by atoms with Crippen LogP contribution in [0.2, 0.25) is 0 Å². The number of nitrogens with one attached hydrogen (secondary N) is 2. The van der Waals surface area contributed by atoms with Crippen LogP contribution in [0.4, 0.5) is 26.3 Å². The lowest BCUT2D eigenvalue weighted by molar-refractivity contribution is -0.137. The van der Waals surface area contributed by atoms with Crippen LogP contribution in [0.3, 0.4) is 0 Å². The Morgan fingerprint density at radius 3 is 1.15 bits per heavy atom. The summed E-state index contributed by atoms with van der Waals surface area (Å²) in [5.74, 6) is 5.16. The van der Waals surface area contributed by atoms with Crippen molar-refractivity contribution in [3.05, 3.63) is 116 Å². The van der Waals surface area contributed by atoms with E-state index >= 15 is 26.3 Å². The number of H-pyrrole nitrogens is 2. The Balaban J connectivity index is 1.73. The van der Waals surface area contributed by atoms with Gasteiger partial charge in [0.15, 0.2) is 0 Å². The smallest absolute Gasteiger partial charge is 0.354 e. The molecule has 10 heteroatoms. The summed E-state index contributed by atoms with van der Waals surface area (Å²) in [5, 5.41) is 0. The molecule has 258 valence electrons. The second-order valence-corrected chi connectivity index (χ2v) is 12.8. The second kappa shape index (κ2) is 12.2. The van der Waals surface area contributed by atoms with Gasteiger partial charge in [-0.25, -0.2) is 9.97 Å². The summed E-state index contributed by atoms with van der Waals surface area (Å²) in [6, 6.07) is 12.5. The fourth-order valence-electron chi connectivity index (χ4n) is 7.21. The third-order valence-electron chi connectivity index (χ3n) is 9.22. The van der Waals surface area contributed by atoms with Crippen molar-refractivity contribution in [1.82, 2.24) is 19.9 Å². The van der Waals surface area contributed by atoms with E-state index < -0.39 is 23.5 Å². The summed E-state index contributed by atoms with van der Waals surface area (Å²) in [6.45, 7) is 7.10. The number of nitrogens with zero attached hydrogens (tertiary/aromatic N) is 2. The van der Waals surface area contributed by atoms with Gasteiger partial charge in [0.25, 0.3) is 0 Å². The molecule has 0 radical (unpaired) electrons. The first-order chi connectivity index (χ1) is 24.6. The first-order valence-electron chi connectivity index (χ1n) is 16.1. The zero-order valence-corrected chi connectivity index (χ0v) is 28.2. The van der Waals surface area contributed by atoms with Crippen molar-refractivity contribution in [2.75, 3.05) is 0 Å². The Labute approximate surface area is 295 Å². The average Bonchev–Trinajstić information content (AvgIpc) is 3.88. The van der Waals surface area contributed by atoms with Gasteiger partial charge in [-0.3, -0.25) is 0 Å². The van der Waals surface area contributed by atoms with E-state index in [4.69, 9.17) is 12.8 Å². The minimum absolute atomic E-state index is 0.0998. The number of terminal acetylenes is 2. The highest BCUT2D eigenvalue weighted by Gasteiger charge is 2.38. The van der Waals surface area contributed by atoms with Gasteiger partial charge in [0, 0.05) is 33.3 Å². The van der Waals surface area contributed by atoms with Crippen LogP contribution in [0.15, 0.2) is 48.5 Å². The van der Waals surface area contributed by atoms with Crippen molar-refractivity contribution in [1.29, 1.82) is 0 Å². The maximum atomic E-state index is 15.1. The molecule has 2 aromatic carbocycles. The largest absolute Gasteiger partial charge is 0.420 e. The number of benzene rings is 2. The molecule has 3 aromatic heterocycles. The highest BCUT2D eigenvalue weighted by atomic mass is 19.4. The first-order valence-corrected chi connectivity index (χ1v) is 16.1. The number of hydrogen-bond donors (Lipinski definition) is 2. The molecule has 0 saturated carbocycles. The van der Waals surface area contributed by atoms with Crippen molar-refractivity contribution in [3.8, 4) is 46.9 Å². The van der Waals surface area contributed by atoms with Crippen molar-refractivity contribution in [3.63, 3.8) is 0 Å². The van der Waals surface area contributed by atoms with E-state index in [-0.39, 0.29) is 50.4 Å². The topological polar surface area (TPSA) is 57.4 Å². The first kappa shape index (κ1) is 34.2. The summed E-state index contributed by atoms with van der Waals surface area (Å²) in [5.41, 5.74) is 2.90.